The summed E-state index contributed by atoms with van der Waals surface area (Å²) < 4.78 is 2.02. The van der Waals surface area contributed by atoms with Gasteiger partial charge in [-0.3, -0.25) is 4.98 Å². The number of nitrogens with one attached hydrogen (secondary N) is 1. The molecule has 0 radical (unpaired) electrons. The minimum absolute atomic E-state index is 0.704. The minimum atomic E-state index is 0.704. The predicted molar refractivity (Wildman–Crippen MR) is 79.4 cm³/mol. The molecule has 5 heteroatoms. The summed E-state index contributed by atoms with van der Waals surface area (Å²) in [5.74, 6) is 0. The van der Waals surface area contributed by atoms with Gasteiger partial charge in [-0.1, -0.05) is 11.6 Å². The summed E-state index contributed by atoms with van der Waals surface area (Å²) in [4.78, 5) is 4.00. The van der Waals surface area contributed by atoms with Gasteiger partial charge in [-0.25, -0.2) is 0 Å². The molecule has 0 saturated carbocycles. The first-order chi connectivity index (χ1) is 7.66. The fourth-order valence-corrected chi connectivity index (χ4v) is 2.47. The molecule has 1 aromatic carbocycles. The lowest BCUT2D eigenvalue weighted by Gasteiger charge is -2.09. The number of aromatic nitrogens is 1. The molecule has 2 nitrogen and oxygen atoms in total. The van der Waals surface area contributed by atoms with E-state index in [1.165, 1.54) is 0 Å². The molecule has 1 N–H and O–H groups in total. The van der Waals surface area contributed by atoms with E-state index in [1.807, 2.05) is 24.3 Å². The topological polar surface area (TPSA) is 24.9 Å². The molecule has 0 aliphatic carbocycles. The third-order valence-corrected chi connectivity index (χ3v) is 3.59. The number of hydrogen-bond acceptors (Lipinski definition) is 2. The van der Waals surface area contributed by atoms with Crippen molar-refractivity contribution in [1.82, 2.24) is 4.98 Å². The Bertz CT molecular complexity index is 519. The average molecular weight is 409 g/mol. The van der Waals surface area contributed by atoms with Gasteiger partial charge in [0.1, 0.15) is 0 Å². The smallest absolute Gasteiger partial charge is 0.0651 e. The van der Waals surface area contributed by atoms with E-state index in [4.69, 9.17) is 11.6 Å². The number of nitrogens with zero attached hydrogens (tertiary/aromatic N) is 1. The molecule has 82 valence electrons. The summed E-state index contributed by atoms with van der Waals surface area (Å²) in [6.07, 6.45) is 3.47. The van der Waals surface area contributed by atoms with E-state index in [1.54, 1.807) is 12.4 Å². The van der Waals surface area contributed by atoms with Crippen LogP contribution in [-0.2, 0) is 0 Å². The Hall–Kier alpha value is -0.330. The summed E-state index contributed by atoms with van der Waals surface area (Å²) in [5.41, 5.74) is 1.83. The fraction of sp³-hybridized carbons (Fsp3) is 0. The van der Waals surface area contributed by atoms with E-state index < -0.39 is 0 Å². The van der Waals surface area contributed by atoms with E-state index in [2.05, 4.69) is 48.8 Å². The molecule has 0 saturated heterocycles. The second-order valence-electron chi connectivity index (χ2n) is 3.10. The third-order valence-electron chi connectivity index (χ3n) is 1.97. The Morgan fingerprint density at radius 1 is 1.25 bits per heavy atom. The first-order valence-corrected chi connectivity index (χ1v) is 6.73. The summed E-state index contributed by atoms with van der Waals surface area (Å²) in [7, 11) is 0. The van der Waals surface area contributed by atoms with Crippen LogP contribution in [0.15, 0.2) is 41.1 Å². The van der Waals surface area contributed by atoms with Gasteiger partial charge < -0.3 is 5.32 Å². The van der Waals surface area contributed by atoms with Crippen LogP contribution in [0.25, 0.3) is 0 Å². The summed E-state index contributed by atoms with van der Waals surface area (Å²) in [6.45, 7) is 0. The first-order valence-electron chi connectivity index (χ1n) is 4.48. The summed E-state index contributed by atoms with van der Waals surface area (Å²) in [6, 6.07) is 7.76. The van der Waals surface area contributed by atoms with E-state index in [9.17, 15) is 0 Å². The summed E-state index contributed by atoms with van der Waals surface area (Å²) in [5, 5.41) is 3.95. The van der Waals surface area contributed by atoms with E-state index in [0.717, 1.165) is 19.4 Å². The van der Waals surface area contributed by atoms with Crippen LogP contribution in [0.4, 0.5) is 11.4 Å². The van der Waals surface area contributed by atoms with Crippen molar-refractivity contribution in [2.24, 2.45) is 0 Å². The fourth-order valence-electron chi connectivity index (χ4n) is 1.21. The molecule has 16 heavy (non-hydrogen) atoms. The molecule has 0 aliphatic rings. The highest BCUT2D eigenvalue weighted by Gasteiger charge is 2.03. The number of benzene rings is 1. The zero-order valence-electron chi connectivity index (χ0n) is 8.05. The first kappa shape index (κ1) is 12.1. The van der Waals surface area contributed by atoms with Gasteiger partial charge in [-0.2, -0.15) is 0 Å². The lowest BCUT2D eigenvalue weighted by Crippen LogP contribution is -1.92. The minimum Gasteiger partial charge on any atom is -0.353 e. The van der Waals surface area contributed by atoms with Crippen LogP contribution in [0, 0.1) is 3.57 Å². The van der Waals surface area contributed by atoms with Gasteiger partial charge in [0, 0.05) is 16.0 Å². The Kier molecular flexibility index (Phi) is 4.05. The van der Waals surface area contributed by atoms with Crippen molar-refractivity contribution in [2.75, 3.05) is 5.32 Å². The molecule has 0 spiro atoms. The molecule has 1 heterocycles. The van der Waals surface area contributed by atoms with Crippen LogP contribution in [0.3, 0.4) is 0 Å². The van der Waals surface area contributed by atoms with Crippen molar-refractivity contribution in [3.05, 3.63) is 49.7 Å². The molecule has 0 bridgehead atoms. The van der Waals surface area contributed by atoms with Crippen LogP contribution >= 0.6 is 50.1 Å². The van der Waals surface area contributed by atoms with Gasteiger partial charge in [0.05, 0.1) is 20.9 Å². The van der Waals surface area contributed by atoms with Crippen LogP contribution < -0.4 is 5.32 Å². The van der Waals surface area contributed by atoms with Gasteiger partial charge in [-0.15, -0.1) is 0 Å². The normalized spacial score (nSPS) is 10.2. The molecule has 2 rings (SSSR count). The standard InChI is InChI=1S/C11H7BrClIN2/c12-8-6-15-4-3-10(8)16-11-2-1-7(14)5-9(11)13/h1-6H,(H,15,16). The van der Waals surface area contributed by atoms with Gasteiger partial charge in [-0.05, 0) is 62.8 Å². The molecule has 2 aromatic rings. The maximum absolute atomic E-state index is 6.13. The molecule has 0 unspecified atom stereocenters. The number of rotatable bonds is 2. The molecule has 1 aromatic heterocycles. The van der Waals surface area contributed by atoms with E-state index >= 15 is 0 Å². The maximum atomic E-state index is 6.13. The van der Waals surface area contributed by atoms with Crippen LogP contribution in [0.2, 0.25) is 5.02 Å². The van der Waals surface area contributed by atoms with Crippen molar-refractivity contribution in [3.8, 4) is 0 Å². The predicted octanol–water partition coefficient (Wildman–Crippen LogP) is 4.85. The second-order valence-corrected chi connectivity index (χ2v) is 5.61. The van der Waals surface area contributed by atoms with Gasteiger partial charge in [0.15, 0.2) is 0 Å². The summed E-state index contributed by atoms with van der Waals surface area (Å²) >= 11 is 11.8. The molecule has 0 atom stereocenters. The second kappa shape index (κ2) is 5.33. The van der Waals surface area contributed by atoms with Gasteiger partial charge in [0.2, 0.25) is 0 Å². The van der Waals surface area contributed by atoms with Crippen molar-refractivity contribution in [1.29, 1.82) is 0 Å². The quantitative estimate of drug-likeness (QED) is 0.718. The molecule has 0 amide bonds. The van der Waals surface area contributed by atoms with Crippen LogP contribution in [-0.4, -0.2) is 4.98 Å². The van der Waals surface area contributed by atoms with Crippen molar-refractivity contribution in [3.63, 3.8) is 0 Å². The molecule has 0 aliphatic heterocycles. The largest absolute Gasteiger partial charge is 0.353 e. The van der Waals surface area contributed by atoms with Crippen molar-refractivity contribution >= 4 is 61.5 Å². The lowest BCUT2D eigenvalue weighted by molar-refractivity contribution is 1.30. The van der Waals surface area contributed by atoms with Crippen molar-refractivity contribution < 1.29 is 0 Å². The number of anilines is 2. The number of hydrogen-bond donors (Lipinski definition) is 1. The van der Waals surface area contributed by atoms with E-state index in [0.29, 0.717) is 5.02 Å². The molecular weight excluding hydrogens is 402 g/mol. The van der Waals surface area contributed by atoms with Gasteiger partial charge in [0.25, 0.3) is 0 Å². The molecule has 0 fully saturated rings. The monoisotopic (exact) mass is 408 g/mol. The highest BCUT2D eigenvalue weighted by Crippen LogP contribution is 2.29. The molecular formula is C11H7BrClIN2. The van der Waals surface area contributed by atoms with Gasteiger partial charge >= 0.3 is 0 Å². The Morgan fingerprint density at radius 3 is 2.75 bits per heavy atom. The van der Waals surface area contributed by atoms with Crippen LogP contribution in [0.1, 0.15) is 0 Å². The highest BCUT2D eigenvalue weighted by atomic mass is 127. The zero-order valence-corrected chi connectivity index (χ0v) is 12.5. The van der Waals surface area contributed by atoms with Crippen LogP contribution in [0.5, 0.6) is 0 Å². The van der Waals surface area contributed by atoms with Crippen molar-refractivity contribution in [2.45, 2.75) is 0 Å². The Labute approximate surface area is 121 Å². The number of pyridine rings is 1. The SMILES string of the molecule is Clc1cc(I)ccc1Nc1ccncc1Br. The average Bonchev–Trinajstić information content (AvgIpc) is 2.25. The third kappa shape index (κ3) is 2.87. The number of halogens is 3. The maximum Gasteiger partial charge on any atom is 0.0651 e. The van der Waals surface area contributed by atoms with E-state index in [-0.39, 0.29) is 0 Å². The zero-order chi connectivity index (χ0) is 11.5. The highest BCUT2D eigenvalue weighted by molar-refractivity contribution is 14.1. The Morgan fingerprint density at radius 2 is 2.06 bits per heavy atom. The lowest BCUT2D eigenvalue weighted by atomic mass is 10.3. The Balaban J connectivity index is 2.31.